The fourth-order valence-electron chi connectivity index (χ4n) is 1.19. The summed E-state index contributed by atoms with van der Waals surface area (Å²) in [6.45, 7) is 0. The molecule has 0 unspecified atom stereocenters. The third kappa shape index (κ3) is 1.82. The molecule has 0 fully saturated rings. The van der Waals surface area contributed by atoms with Gasteiger partial charge in [-0.1, -0.05) is 0 Å². The van der Waals surface area contributed by atoms with Crippen molar-refractivity contribution in [1.82, 2.24) is 4.98 Å². The van der Waals surface area contributed by atoms with Crippen molar-refractivity contribution in [2.24, 2.45) is 0 Å². The zero-order chi connectivity index (χ0) is 10.8. The fourth-order valence-corrected chi connectivity index (χ4v) is 1.92. The Bertz CT molecular complexity index is 507. The van der Waals surface area contributed by atoms with E-state index in [2.05, 4.69) is 4.98 Å². The summed E-state index contributed by atoms with van der Waals surface area (Å²) >= 11 is 1.11. The molecule has 0 saturated heterocycles. The second-order valence-electron chi connectivity index (χ2n) is 2.88. The average molecular weight is 221 g/mol. The van der Waals surface area contributed by atoms with Crippen molar-refractivity contribution in [2.75, 3.05) is 0 Å². The Labute approximate surface area is 89.5 Å². The minimum atomic E-state index is -0.971. The lowest BCUT2D eigenvalue weighted by Gasteiger charge is -1.98. The number of nitrogens with zero attached hydrogens (tertiary/aromatic N) is 1. The summed E-state index contributed by atoms with van der Waals surface area (Å²) in [5.74, 6) is -0.922. The summed E-state index contributed by atoms with van der Waals surface area (Å²) in [4.78, 5) is 14.9. The molecule has 2 N–H and O–H groups in total. The molecule has 76 valence electrons. The predicted octanol–water partition coefficient (Wildman–Crippen LogP) is 2.21. The van der Waals surface area contributed by atoms with Gasteiger partial charge in [0.2, 0.25) is 0 Å². The molecule has 2 aromatic heterocycles. The summed E-state index contributed by atoms with van der Waals surface area (Å²) < 4.78 is 0. The van der Waals surface area contributed by atoms with Gasteiger partial charge in [-0.15, -0.1) is 11.3 Å². The maximum Gasteiger partial charge on any atom is 0.345 e. The van der Waals surface area contributed by atoms with Crippen LogP contribution in [0, 0.1) is 0 Å². The molecule has 0 aromatic carbocycles. The number of carboxylic acid groups (broad SMARTS) is 1. The highest BCUT2D eigenvalue weighted by molar-refractivity contribution is 7.12. The van der Waals surface area contributed by atoms with Gasteiger partial charge < -0.3 is 10.2 Å². The number of carboxylic acids is 1. The maximum atomic E-state index is 10.7. The summed E-state index contributed by atoms with van der Waals surface area (Å²) in [6.07, 6.45) is 1.55. The Morgan fingerprint density at radius 2 is 2.27 bits per heavy atom. The number of carbonyl (C=O) groups is 1. The molecule has 0 bridgehead atoms. The number of thiophene rings is 1. The molecular weight excluding hydrogens is 214 g/mol. The van der Waals surface area contributed by atoms with Crippen molar-refractivity contribution in [2.45, 2.75) is 0 Å². The quantitative estimate of drug-likeness (QED) is 0.815. The molecule has 2 heterocycles. The molecule has 5 heteroatoms. The van der Waals surface area contributed by atoms with Gasteiger partial charge in [0.1, 0.15) is 16.3 Å². The van der Waals surface area contributed by atoms with Gasteiger partial charge in [-0.3, -0.25) is 4.98 Å². The average Bonchev–Trinajstić information content (AvgIpc) is 2.67. The summed E-state index contributed by atoms with van der Waals surface area (Å²) in [5.41, 5.74) is 1.02. The lowest BCUT2D eigenvalue weighted by atomic mass is 10.2. The first-order chi connectivity index (χ1) is 7.18. The van der Waals surface area contributed by atoms with E-state index in [1.54, 1.807) is 17.6 Å². The molecule has 0 amide bonds. The third-order valence-corrected chi connectivity index (χ3v) is 2.79. The molecule has 0 radical (unpaired) electrons. The molecule has 0 aliphatic rings. The van der Waals surface area contributed by atoms with Gasteiger partial charge in [0.15, 0.2) is 0 Å². The van der Waals surface area contributed by atoms with Gasteiger partial charge in [-0.2, -0.15) is 0 Å². The number of hydrogen-bond donors (Lipinski definition) is 2. The molecule has 0 aliphatic heterocycles. The lowest BCUT2D eigenvalue weighted by Crippen LogP contribution is -1.90. The second kappa shape index (κ2) is 3.70. The van der Waals surface area contributed by atoms with Crippen LogP contribution >= 0.6 is 11.3 Å². The largest absolute Gasteiger partial charge is 0.506 e. The van der Waals surface area contributed by atoms with E-state index in [-0.39, 0.29) is 10.6 Å². The van der Waals surface area contributed by atoms with Crippen molar-refractivity contribution >= 4 is 17.3 Å². The number of pyridine rings is 1. The van der Waals surface area contributed by atoms with Crippen LogP contribution in [0.5, 0.6) is 5.75 Å². The Morgan fingerprint density at radius 1 is 1.47 bits per heavy atom. The molecule has 2 rings (SSSR count). The van der Waals surface area contributed by atoms with Gasteiger partial charge in [0, 0.05) is 17.1 Å². The van der Waals surface area contributed by atoms with Crippen molar-refractivity contribution in [3.8, 4) is 17.0 Å². The van der Waals surface area contributed by atoms with E-state index in [0.29, 0.717) is 11.3 Å². The van der Waals surface area contributed by atoms with Crippen LogP contribution in [-0.4, -0.2) is 21.2 Å². The van der Waals surface area contributed by atoms with E-state index in [9.17, 15) is 9.90 Å². The van der Waals surface area contributed by atoms with Crippen molar-refractivity contribution in [3.05, 3.63) is 34.7 Å². The lowest BCUT2D eigenvalue weighted by molar-refractivity contribution is 0.0702. The summed E-state index contributed by atoms with van der Waals surface area (Å²) in [5, 5.41) is 19.9. The van der Waals surface area contributed by atoms with E-state index in [1.165, 1.54) is 12.1 Å². The highest BCUT2D eigenvalue weighted by atomic mass is 32.1. The first-order valence-corrected chi connectivity index (χ1v) is 5.02. The summed E-state index contributed by atoms with van der Waals surface area (Å²) in [7, 11) is 0. The molecule has 15 heavy (non-hydrogen) atoms. The van der Waals surface area contributed by atoms with Gasteiger partial charge in [-0.25, -0.2) is 4.79 Å². The minimum Gasteiger partial charge on any atom is -0.506 e. The fraction of sp³-hybridized carbons (Fsp3) is 0. The van der Waals surface area contributed by atoms with Crippen LogP contribution in [0.4, 0.5) is 0 Å². The summed E-state index contributed by atoms with van der Waals surface area (Å²) in [6, 6.07) is 4.62. The normalized spacial score (nSPS) is 10.1. The Hall–Kier alpha value is -1.88. The van der Waals surface area contributed by atoms with E-state index in [4.69, 9.17) is 5.11 Å². The molecule has 0 saturated carbocycles. The predicted molar refractivity (Wildman–Crippen MR) is 56.2 cm³/mol. The monoisotopic (exact) mass is 221 g/mol. The molecular formula is C10H7NO3S. The number of hydrogen-bond acceptors (Lipinski definition) is 4. The van der Waals surface area contributed by atoms with Gasteiger partial charge in [-0.05, 0) is 18.2 Å². The number of aromatic carboxylic acids is 1. The maximum absolute atomic E-state index is 10.7. The van der Waals surface area contributed by atoms with Crippen molar-refractivity contribution in [1.29, 1.82) is 0 Å². The van der Waals surface area contributed by atoms with Crippen LogP contribution in [0.25, 0.3) is 11.3 Å². The standard InChI is InChI=1S/C10H7NO3S/c12-7-2-1-3-11-9(7)6-4-8(10(13)14)15-5-6/h1-5,12H,(H,13,14). The van der Waals surface area contributed by atoms with E-state index >= 15 is 0 Å². The topological polar surface area (TPSA) is 70.4 Å². The van der Waals surface area contributed by atoms with Crippen LogP contribution in [0.15, 0.2) is 29.8 Å². The molecule has 0 aliphatic carbocycles. The van der Waals surface area contributed by atoms with Crippen LogP contribution in [-0.2, 0) is 0 Å². The molecule has 0 atom stereocenters. The van der Waals surface area contributed by atoms with Crippen LogP contribution < -0.4 is 0 Å². The van der Waals surface area contributed by atoms with Gasteiger partial charge in [0.05, 0.1) is 0 Å². The number of rotatable bonds is 2. The van der Waals surface area contributed by atoms with E-state index in [0.717, 1.165) is 11.3 Å². The van der Waals surface area contributed by atoms with Crippen molar-refractivity contribution < 1.29 is 15.0 Å². The SMILES string of the molecule is O=C(O)c1cc(-c2ncccc2O)cs1. The minimum absolute atomic E-state index is 0.0484. The molecule has 4 nitrogen and oxygen atoms in total. The van der Waals surface area contributed by atoms with E-state index in [1.807, 2.05) is 0 Å². The van der Waals surface area contributed by atoms with Crippen LogP contribution in [0.2, 0.25) is 0 Å². The Kier molecular flexibility index (Phi) is 2.39. The van der Waals surface area contributed by atoms with Gasteiger partial charge in [0.25, 0.3) is 0 Å². The Morgan fingerprint density at radius 3 is 2.87 bits per heavy atom. The zero-order valence-electron chi connectivity index (χ0n) is 7.54. The van der Waals surface area contributed by atoms with Crippen LogP contribution in [0.1, 0.15) is 9.67 Å². The molecule has 2 aromatic rings. The van der Waals surface area contributed by atoms with Crippen LogP contribution in [0.3, 0.4) is 0 Å². The Balaban J connectivity index is 2.46. The molecule has 0 spiro atoms. The zero-order valence-corrected chi connectivity index (χ0v) is 8.36. The highest BCUT2D eigenvalue weighted by Crippen LogP contribution is 2.29. The smallest absolute Gasteiger partial charge is 0.345 e. The number of aromatic nitrogens is 1. The highest BCUT2D eigenvalue weighted by Gasteiger charge is 2.11. The van der Waals surface area contributed by atoms with Gasteiger partial charge >= 0.3 is 5.97 Å². The first kappa shape index (κ1) is 9.67. The van der Waals surface area contributed by atoms with Crippen molar-refractivity contribution in [3.63, 3.8) is 0 Å². The second-order valence-corrected chi connectivity index (χ2v) is 3.79. The van der Waals surface area contributed by atoms with E-state index < -0.39 is 5.97 Å². The number of aromatic hydroxyl groups is 1. The third-order valence-electron chi connectivity index (χ3n) is 1.87. The first-order valence-electron chi connectivity index (χ1n) is 4.14.